The molecule has 0 saturated carbocycles. The number of rotatable bonds is 0. The Bertz CT molecular complexity index is 138. The van der Waals surface area contributed by atoms with Crippen LogP contribution >= 0.6 is 0 Å². The van der Waals surface area contributed by atoms with Crippen LogP contribution < -0.4 is 0 Å². The van der Waals surface area contributed by atoms with Gasteiger partial charge in [0.05, 0.1) is 0 Å². The maximum atomic E-state index is 10.7. The molecule has 1 aliphatic heterocycles. The maximum absolute atomic E-state index is 10.7. The molecule has 0 aliphatic carbocycles. The van der Waals surface area contributed by atoms with Crippen LogP contribution in [0.1, 0.15) is 26.2 Å². The third-order valence-corrected chi connectivity index (χ3v) is 1.80. The Morgan fingerprint density at radius 1 is 1.18 bits per heavy atom. The van der Waals surface area contributed by atoms with Gasteiger partial charge in [-0.1, -0.05) is 0 Å². The molecule has 11 heavy (non-hydrogen) atoms. The second-order valence-electron chi connectivity index (χ2n) is 2.57. The van der Waals surface area contributed by atoms with Crippen LogP contribution in [0.5, 0.6) is 0 Å². The van der Waals surface area contributed by atoms with E-state index in [0.29, 0.717) is 0 Å². The molecule has 1 aliphatic rings. The van der Waals surface area contributed by atoms with Gasteiger partial charge < -0.3 is 4.90 Å². The van der Waals surface area contributed by atoms with Gasteiger partial charge in [0.2, 0.25) is 5.91 Å². The minimum absolute atomic E-state index is 0.231. The smallest absolute Gasteiger partial charge is 0.219 e. The Kier molecular flexibility index (Phi) is 5.09. The molecule has 0 N–H and O–H groups in total. The zero-order chi connectivity index (χ0) is 8.69. The van der Waals surface area contributed by atoms with Gasteiger partial charge in [0.25, 0.3) is 0 Å². The lowest BCUT2D eigenvalue weighted by atomic mass is 10.1. The minimum atomic E-state index is 0.231. The lowest BCUT2D eigenvalue weighted by Gasteiger charge is -2.24. The van der Waals surface area contributed by atoms with Gasteiger partial charge in [0.1, 0.15) is 0 Å². The number of likely N-dealkylation sites (tertiary alicyclic amines) is 1. The van der Waals surface area contributed by atoms with Gasteiger partial charge in [-0.15, -0.1) is 0 Å². The molecule has 4 heteroatoms. The first-order valence-electron chi connectivity index (χ1n) is 3.76. The van der Waals surface area contributed by atoms with Crippen molar-refractivity contribution in [1.82, 2.24) is 4.90 Å². The summed E-state index contributed by atoms with van der Waals surface area (Å²) in [4.78, 5) is 12.6. The van der Waals surface area contributed by atoms with Gasteiger partial charge in [0, 0.05) is 30.8 Å². The normalized spacial score (nSPS) is 16.5. The van der Waals surface area contributed by atoms with Crippen LogP contribution in [-0.4, -0.2) is 23.9 Å². The molecule has 1 amide bonds. The van der Waals surface area contributed by atoms with Crippen LogP contribution in [-0.2, 0) is 4.79 Å². The highest BCUT2D eigenvalue weighted by Crippen LogP contribution is 2.07. The third kappa shape index (κ3) is 3.56. The molecule has 1 heterocycles. The summed E-state index contributed by atoms with van der Waals surface area (Å²) >= 11 is 0. The average Bonchev–Trinajstić information content (AvgIpc) is 2.10. The fourth-order valence-electron chi connectivity index (χ4n) is 1.21. The fourth-order valence-corrected chi connectivity index (χ4v) is 1.21. The molecule has 1 rings (SSSR count). The maximum Gasteiger partial charge on any atom is 0.219 e. The van der Waals surface area contributed by atoms with Crippen LogP contribution in [0.2, 0.25) is 0 Å². The SMILES string of the molecule is CC(=O)N1CCCCC1.N#N. The molecule has 0 aromatic heterocycles. The number of hydrogen-bond acceptors (Lipinski definition) is 3. The van der Waals surface area contributed by atoms with Crippen LogP contribution in [0.4, 0.5) is 0 Å². The molecule has 0 atom stereocenters. The van der Waals surface area contributed by atoms with Crippen molar-refractivity contribution in [3.8, 4) is 0 Å². The number of piperidine rings is 1. The van der Waals surface area contributed by atoms with Gasteiger partial charge in [-0.2, -0.15) is 0 Å². The number of amides is 1. The molecule has 0 unspecified atom stereocenters. The van der Waals surface area contributed by atoms with E-state index in [-0.39, 0.29) is 5.91 Å². The Balaban J connectivity index is 0.000000461. The fraction of sp³-hybridized carbons (Fsp3) is 0.857. The van der Waals surface area contributed by atoms with Crippen molar-refractivity contribution in [2.24, 2.45) is 0 Å². The minimum Gasteiger partial charge on any atom is -0.343 e. The summed E-state index contributed by atoms with van der Waals surface area (Å²) in [6, 6.07) is 0. The second kappa shape index (κ2) is 5.66. The highest BCUT2D eigenvalue weighted by Gasteiger charge is 2.10. The van der Waals surface area contributed by atoms with Crippen molar-refractivity contribution in [2.45, 2.75) is 26.2 Å². The zero-order valence-electron chi connectivity index (χ0n) is 6.79. The molecular formula is C7H13N3O. The van der Waals surface area contributed by atoms with E-state index in [1.165, 1.54) is 19.3 Å². The first-order valence-corrected chi connectivity index (χ1v) is 3.76. The Morgan fingerprint density at radius 3 is 1.91 bits per heavy atom. The molecular weight excluding hydrogens is 142 g/mol. The molecule has 0 bridgehead atoms. The van der Waals surface area contributed by atoms with Crippen LogP contribution in [0, 0.1) is 10.8 Å². The summed E-state index contributed by atoms with van der Waals surface area (Å²) in [6.07, 6.45) is 3.68. The molecule has 0 aromatic carbocycles. The van der Waals surface area contributed by atoms with Gasteiger partial charge in [0.15, 0.2) is 0 Å². The van der Waals surface area contributed by atoms with E-state index in [2.05, 4.69) is 0 Å². The van der Waals surface area contributed by atoms with E-state index in [9.17, 15) is 4.79 Å². The van der Waals surface area contributed by atoms with E-state index >= 15 is 0 Å². The first kappa shape index (κ1) is 9.89. The quantitative estimate of drug-likeness (QED) is 0.491. The molecule has 0 aromatic rings. The third-order valence-electron chi connectivity index (χ3n) is 1.80. The van der Waals surface area contributed by atoms with E-state index in [1.807, 2.05) is 4.90 Å². The van der Waals surface area contributed by atoms with Crippen LogP contribution in [0.25, 0.3) is 0 Å². The number of hydrogen-bond donors (Lipinski definition) is 0. The van der Waals surface area contributed by atoms with E-state index < -0.39 is 0 Å². The first-order chi connectivity index (χ1) is 5.30. The topological polar surface area (TPSA) is 67.9 Å². The Labute approximate surface area is 66.6 Å². The predicted molar refractivity (Wildman–Crippen MR) is 39.6 cm³/mol. The van der Waals surface area contributed by atoms with Crippen molar-refractivity contribution in [3.05, 3.63) is 0 Å². The Hall–Kier alpha value is -1.11. The van der Waals surface area contributed by atoms with Gasteiger partial charge >= 0.3 is 0 Å². The van der Waals surface area contributed by atoms with Crippen LogP contribution in [0.15, 0.2) is 0 Å². The van der Waals surface area contributed by atoms with Gasteiger partial charge in [-0.3, -0.25) is 4.79 Å². The second-order valence-corrected chi connectivity index (χ2v) is 2.57. The molecule has 1 saturated heterocycles. The van der Waals surface area contributed by atoms with Crippen molar-refractivity contribution in [1.29, 1.82) is 10.8 Å². The van der Waals surface area contributed by atoms with Crippen LogP contribution in [0.3, 0.4) is 0 Å². The lowest BCUT2D eigenvalue weighted by Crippen LogP contribution is -2.33. The summed E-state index contributed by atoms with van der Waals surface area (Å²) in [7, 11) is 0. The molecule has 1 fully saturated rings. The highest BCUT2D eigenvalue weighted by atomic mass is 16.2. The van der Waals surface area contributed by atoms with E-state index in [4.69, 9.17) is 10.8 Å². The van der Waals surface area contributed by atoms with Gasteiger partial charge in [-0.25, -0.2) is 0 Å². The molecule has 0 radical (unpaired) electrons. The summed E-state index contributed by atoms with van der Waals surface area (Å²) < 4.78 is 0. The monoisotopic (exact) mass is 155 g/mol. The highest BCUT2D eigenvalue weighted by molar-refractivity contribution is 5.73. The largest absolute Gasteiger partial charge is 0.343 e. The molecule has 0 spiro atoms. The summed E-state index contributed by atoms with van der Waals surface area (Å²) in [5, 5.41) is 12.0. The zero-order valence-corrected chi connectivity index (χ0v) is 6.79. The molecule has 4 nitrogen and oxygen atoms in total. The Morgan fingerprint density at radius 2 is 1.64 bits per heavy atom. The van der Waals surface area contributed by atoms with Crippen molar-refractivity contribution in [3.63, 3.8) is 0 Å². The van der Waals surface area contributed by atoms with Crippen molar-refractivity contribution in [2.75, 3.05) is 13.1 Å². The average molecular weight is 155 g/mol. The predicted octanol–water partition coefficient (Wildman–Crippen LogP) is 1.05. The summed E-state index contributed by atoms with van der Waals surface area (Å²) in [5.41, 5.74) is 0. The van der Waals surface area contributed by atoms with Gasteiger partial charge in [-0.05, 0) is 19.3 Å². The van der Waals surface area contributed by atoms with E-state index in [0.717, 1.165) is 13.1 Å². The van der Waals surface area contributed by atoms with Crippen molar-refractivity contribution < 1.29 is 4.79 Å². The summed E-state index contributed by atoms with van der Waals surface area (Å²) in [6.45, 7) is 3.61. The number of carbonyl (C=O) groups excluding carboxylic acids is 1. The molecule has 62 valence electrons. The van der Waals surface area contributed by atoms with E-state index in [1.54, 1.807) is 6.92 Å². The van der Waals surface area contributed by atoms with Crippen molar-refractivity contribution >= 4 is 5.91 Å². The number of carbonyl (C=O) groups is 1. The standard InChI is InChI=1S/C7H13NO.N2/c1-7(9)8-5-3-2-4-6-8;1-2/h2-6H2,1H3;. The summed E-state index contributed by atoms with van der Waals surface area (Å²) in [5.74, 6) is 0.231. The number of nitrogens with zero attached hydrogens (tertiary/aromatic N) is 3. The lowest BCUT2D eigenvalue weighted by molar-refractivity contribution is -0.129.